The van der Waals surface area contributed by atoms with Gasteiger partial charge in [-0.2, -0.15) is 0 Å². The van der Waals surface area contributed by atoms with E-state index < -0.39 is 5.82 Å². The second-order valence-corrected chi connectivity index (χ2v) is 4.23. The number of Topliss-reactive ketones (excluding diaryl/α,β-unsaturated/α-hetero) is 1. The van der Waals surface area contributed by atoms with Gasteiger partial charge in [0.1, 0.15) is 5.82 Å². The van der Waals surface area contributed by atoms with Crippen molar-refractivity contribution in [3.63, 3.8) is 0 Å². The van der Waals surface area contributed by atoms with Crippen molar-refractivity contribution in [3.8, 4) is 0 Å². The van der Waals surface area contributed by atoms with Gasteiger partial charge in [0.05, 0.1) is 5.69 Å². The van der Waals surface area contributed by atoms with Gasteiger partial charge in [-0.3, -0.25) is 4.79 Å². The molecule has 1 saturated carbocycles. The molecule has 80 valence electrons. The Morgan fingerprint density at radius 3 is 2.73 bits per heavy atom. The van der Waals surface area contributed by atoms with Gasteiger partial charge in [0.2, 0.25) is 0 Å². The highest BCUT2D eigenvalue weighted by molar-refractivity contribution is 5.98. The number of hydrogen-bond acceptors (Lipinski definition) is 2. The van der Waals surface area contributed by atoms with Crippen molar-refractivity contribution in [3.05, 3.63) is 29.6 Å². The third kappa shape index (κ3) is 2.01. The zero-order chi connectivity index (χ0) is 11.0. The van der Waals surface area contributed by atoms with Crippen molar-refractivity contribution in [2.45, 2.75) is 19.8 Å². The summed E-state index contributed by atoms with van der Waals surface area (Å²) < 4.78 is 13.1. The molecular weight excluding hydrogens is 193 g/mol. The van der Waals surface area contributed by atoms with E-state index in [9.17, 15) is 9.18 Å². The first-order valence-corrected chi connectivity index (χ1v) is 5.19. The number of nitrogens with two attached hydrogens (primary N) is 1. The number of hydrogen-bond donors (Lipinski definition) is 1. The van der Waals surface area contributed by atoms with Crippen LogP contribution in [-0.2, 0) is 0 Å². The summed E-state index contributed by atoms with van der Waals surface area (Å²) in [5.74, 6) is 0.0198. The molecule has 0 bridgehead atoms. The van der Waals surface area contributed by atoms with E-state index in [1.54, 1.807) is 6.07 Å². The van der Waals surface area contributed by atoms with Gasteiger partial charge in [-0.25, -0.2) is 4.39 Å². The van der Waals surface area contributed by atoms with E-state index in [0.29, 0.717) is 11.5 Å². The highest BCUT2D eigenvalue weighted by Crippen LogP contribution is 2.38. The molecule has 1 aromatic rings. The lowest BCUT2D eigenvalue weighted by Gasteiger charge is -2.09. The van der Waals surface area contributed by atoms with Crippen LogP contribution in [0.3, 0.4) is 0 Å². The molecule has 1 aromatic carbocycles. The molecule has 1 fully saturated rings. The second kappa shape index (κ2) is 3.65. The molecule has 2 rings (SSSR count). The zero-order valence-electron chi connectivity index (χ0n) is 8.66. The lowest BCUT2D eigenvalue weighted by Crippen LogP contribution is -2.13. The summed E-state index contributed by atoms with van der Waals surface area (Å²) in [4.78, 5) is 11.9. The van der Waals surface area contributed by atoms with E-state index >= 15 is 0 Å². The number of ketones is 1. The Hall–Kier alpha value is -1.38. The molecule has 0 aliphatic heterocycles. The van der Waals surface area contributed by atoms with E-state index in [1.165, 1.54) is 12.1 Å². The SMILES string of the molecule is CC(C(=O)c1ccc(N)c(F)c1)C1CC1. The van der Waals surface area contributed by atoms with Crippen LogP contribution in [0.2, 0.25) is 0 Å². The van der Waals surface area contributed by atoms with Crippen LogP contribution < -0.4 is 5.73 Å². The number of halogens is 1. The predicted molar refractivity (Wildman–Crippen MR) is 57.0 cm³/mol. The minimum absolute atomic E-state index is 0.00743. The van der Waals surface area contributed by atoms with Crippen molar-refractivity contribution in [1.29, 1.82) is 0 Å². The molecule has 15 heavy (non-hydrogen) atoms. The molecule has 0 saturated heterocycles. The van der Waals surface area contributed by atoms with Crippen molar-refractivity contribution in [1.82, 2.24) is 0 Å². The largest absolute Gasteiger partial charge is 0.396 e. The molecular formula is C12H14FNO. The van der Waals surface area contributed by atoms with Gasteiger partial charge in [0.25, 0.3) is 0 Å². The summed E-state index contributed by atoms with van der Waals surface area (Å²) >= 11 is 0. The standard InChI is InChI=1S/C12H14FNO/c1-7(8-2-3-8)12(15)9-4-5-11(14)10(13)6-9/h4-8H,2-3,14H2,1H3. The smallest absolute Gasteiger partial charge is 0.166 e. The Kier molecular flexibility index (Phi) is 2.47. The van der Waals surface area contributed by atoms with Crippen LogP contribution in [-0.4, -0.2) is 5.78 Å². The molecule has 1 aliphatic rings. The fourth-order valence-corrected chi connectivity index (χ4v) is 1.75. The first-order valence-electron chi connectivity index (χ1n) is 5.19. The molecule has 0 spiro atoms. The third-order valence-corrected chi connectivity index (χ3v) is 3.03. The highest BCUT2D eigenvalue weighted by Gasteiger charge is 2.33. The highest BCUT2D eigenvalue weighted by atomic mass is 19.1. The normalized spacial score (nSPS) is 17.5. The first-order chi connectivity index (χ1) is 7.09. The van der Waals surface area contributed by atoms with Crippen molar-refractivity contribution >= 4 is 11.5 Å². The van der Waals surface area contributed by atoms with Crippen molar-refractivity contribution in [2.75, 3.05) is 5.73 Å². The third-order valence-electron chi connectivity index (χ3n) is 3.03. The summed E-state index contributed by atoms with van der Waals surface area (Å²) in [5, 5.41) is 0. The Labute approximate surface area is 88.3 Å². The van der Waals surface area contributed by atoms with Crippen LogP contribution in [0.15, 0.2) is 18.2 Å². The lowest BCUT2D eigenvalue weighted by atomic mass is 9.95. The molecule has 0 aromatic heterocycles. The Morgan fingerprint density at radius 1 is 1.53 bits per heavy atom. The molecule has 2 nitrogen and oxygen atoms in total. The topological polar surface area (TPSA) is 43.1 Å². The van der Waals surface area contributed by atoms with Gasteiger partial charge in [0, 0.05) is 11.5 Å². The summed E-state index contributed by atoms with van der Waals surface area (Å²) in [6.45, 7) is 1.91. The average Bonchev–Trinajstić information content (AvgIpc) is 3.03. The van der Waals surface area contributed by atoms with Crippen molar-refractivity contribution in [2.24, 2.45) is 11.8 Å². The van der Waals surface area contributed by atoms with E-state index in [1.807, 2.05) is 6.92 Å². The van der Waals surface area contributed by atoms with Crippen LogP contribution >= 0.6 is 0 Å². The Bertz CT molecular complexity index is 399. The maximum absolute atomic E-state index is 13.1. The van der Waals surface area contributed by atoms with E-state index in [0.717, 1.165) is 12.8 Å². The minimum atomic E-state index is -0.510. The van der Waals surface area contributed by atoms with Crippen LogP contribution in [0.5, 0.6) is 0 Å². The van der Waals surface area contributed by atoms with Crippen molar-refractivity contribution < 1.29 is 9.18 Å². The van der Waals surface area contributed by atoms with Gasteiger partial charge in [0.15, 0.2) is 5.78 Å². The average molecular weight is 207 g/mol. The van der Waals surface area contributed by atoms with E-state index in [-0.39, 0.29) is 17.4 Å². The second-order valence-electron chi connectivity index (χ2n) is 4.23. The zero-order valence-corrected chi connectivity index (χ0v) is 8.66. The minimum Gasteiger partial charge on any atom is -0.396 e. The summed E-state index contributed by atoms with van der Waals surface area (Å²) in [6.07, 6.45) is 2.23. The summed E-state index contributed by atoms with van der Waals surface area (Å²) in [6, 6.07) is 4.28. The van der Waals surface area contributed by atoms with Crippen LogP contribution in [0, 0.1) is 17.7 Å². The fraction of sp³-hybridized carbons (Fsp3) is 0.417. The molecule has 3 heteroatoms. The molecule has 0 amide bonds. The number of anilines is 1. The number of carbonyl (C=O) groups excluding carboxylic acids is 1. The lowest BCUT2D eigenvalue weighted by molar-refractivity contribution is 0.0916. The van der Waals surface area contributed by atoms with E-state index in [4.69, 9.17) is 5.73 Å². The Balaban J connectivity index is 2.21. The predicted octanol–water partition coefficient (Wildman–Crippen LogP) is 2.64. The summed E-state index contributed by atoms with van der Waals surface area (Å²) in [7, 11) is 0. The molecule has 0 heterocycles. The number of carbonyl (C=O) groups is 1. The van der Waals surface area contributed by atoms with E-state index in [2.05, 4.69) is 0 Å². The van der Waals surface area contributed by atoms with Gasteiger partial charge < -0.3 is 5.73 Å². The molecule has 1 aliphatic carbocycles. The van der Waals surface area contributed by atoms with Crippen LogP contribution in [0.1, 0.15) is 30.1 Å². The number of nitrogen functional groups attached to an aromatic ring is 1. The number of benzene rings is 1. The number of rotatable bonds is 3. The summed E-state index contributed by atoms with van der Waals surface area (Å²) in [5.41, 5.74) is 5.87. The molecule has 1 atom stereocenters. The molecule has 1 unspecified atom stereocenters. The first kappa shape index (κ1) is 10.1. The Morgan fingerprint density at radius 2 is 2.20 bits per heavy atom. The molecule has 0 radical (unpaired) electrons. The van der Waals surface area contributed by atoms with Gasteiger partial charge in [-0.15, -0.1) is 0 Å². The maximum atomic E-state index is 13.1. The van der Waals surface area contributed by atoms with Gasteiger partial charge in [-0.1, -0.05) is 6.92 Å². The fourth-order valence-electron chi connectivity index (χ4n) is 1.75. The van der Waals surface area contributed by atoms with Crippen LogP contribution in [0.4, 0.5) is 10.1 Å². The van der Waals surface area contributed by atoms with Gasteiger partial charge >= 0.3 is 0 Å². The monoisotopic (exact) mass is 207 g/mol. The van der Waals surface area contributed by atoms with Crippen LogP contribution in [0.25, 0.3) is 0 Å². The quantitative estimate of drug-likeness (QED) is 0.611. The van der Waals surface area contributed by atoms with Gasteiger partial charge in [-0.05, 0) is 37.0 Å². The molecule has 2 N–H and O–H groups in total. The maximum Gasteiger partial charge on any atom is 0.166 e.